The number of esters is 1. The molecule has 2 rings (SSSR count). The molecule has 10 heteroatoms. The fourth-order valence-electron chi connectivity index (χ4n) is 2.15. The summed E-state index contributed by atoms with van der Waals surface area (Å²) in [5.41, 5.74) is 0.507. The molecule has 0 amide bonds. The molecule has 0 saturated heterocycles. The summed E-state index contributed by atoms with van der Waals surface area (Å²) in [4.78, 5) is 11.6. The van der Waals surface area contributed by atoms with Crippen molar-refractivity contribution in [3.8, 4) is 5.75 Å². The largest absolute Gasteiger partial charge is 0.496 e. The lowest BCUT2D eigenvalue weighted by Crippen LogP contribution is -2.31. The van der Waals surface area contributed by atoms with Gasteiger partial charge in [-0.25, -0.2) is 12.8 Å². The first kappa shape index (κ1) is 18.9. The molecule has 0 atom stereocenters. The van der Waals surface area contributed by atoms with Crippen molar-refractivity contribution in [3.63, 3.8) is 0 Å². The third kappa shape index (κ3) is 4.54. The Morgan fingerprint density at radius 3 is 2.68 bits per heavy atom. The summed E-state index contributed by atoms with van der Waals surface area (Å²) in [7, 11) is -2.57. The van der Waals surface area contributed by atoms with Crippen molar-refractivity contribution in [3.05, 3.63) is 41.0 Å². The van der Waals surface area contributed by atoms with Gasteiger partial charge in [-0.15, -0.1) is 0 Å². The van der Waals surface area contributed by atoms with E-state index in [0.29, 0.717) is 11.3 Å². The van der Waals surface area contributed by atoms with Crippen molar-refractivity contribution in [2.75, 3.05) is 13.7 Å². The van der Waals surface area contributed by atoms with Crippen LogP contribution >= 0.6 is 0 Å². The topological polar surface area (TPSA) is 108 Å². The first-order valence-corrected chi connectivity index (χ1v) is 8.63. The molecule has 1 aromatic heterocycles. The summed E-state index contributed by atoms with van der Waals surface area (Å²) in [5, 5.41) is 3.55. The molecular formula is C15H17FN2O6S. The van der Waals surface area contributed by atoms with Crippen LogP contribution in [0.2, 0.25) is 0 Å². The lowest BCUT2D eigenvalue weighted by molar-refractivity contribution is -0.143. The standard InChI is InChI=1S/C15H17FN2O6S/c1-9-15(10(2)24-18-9)25(20,21)17-7-14(19)23-8-11-6-12(16)4-5-13(11)22-3/h4-6,17H,7-8H2,1-3H3. The number of hydrogen-bond acceptors (Lipinski definition) is 7. The predicted octanol–water partition coefficient (Wildman–Crippen LogP) is 1.46. The highest BCUT2D eigenvalue weighted by atomic mass is 32.2. The van der Waals surface area contributed by atoms with Crippen LogP contribution < -0.4 is 9.46 Å². The van der Waals surface area contributed by atoms with Gasteiger partial charge in [0.05, 0.1) is 7.11 Å². The monoisotopic (exact) mass is 372 g/mol. The van der Waals surface area contributed by atoms with Crippen molar-refractivity contribution in [2.45, 2.75) is 25.3 Å². The predicted molar refractivity (Wildman–Crippen MR) is 83.9 cm³/mol. The molecule has 0 aliphatic rings. The van der Waals surface area contributed by atoms with Crippen LogP contribution in [0.15, 0.2) is 27.6 Å². The number of nitrogens with one attached hydrogen (secondary N) is 1. The van der Waals surface area contributed by atoms with Gasteiger partial charge in [0.25, 0.3) is 0 Å². The lowest BCUT2D eigenvalue weighted by Gasteiger charge is -2.10. The Labute approximate surface area is 144 Å². The van der Waals surface area contributed by atoms with E-state index in [1.54, 1.807) is 0 Å². The summed E-state index contributed by atoms with van der Waals surface area (Å²) in [6, 6.07) is 3.78. The number of carbonyl (C=O) groups is 1. The first-order chi connectivity index (χ1) is 11.7. The number of benzene rings is 1. The fraction of sp³-hybridized carbons (Fsp3) is 0.333. The summed E-state index contributed by atoms with van der Waals surface area (Å²) < 4.78 is 54.5. The van der Waals surface area contributed by atoms with Gasteiger partial charge in [0.15, 0.2) is 5.76 Å². The van der Waals surface area contributed by atoms with Crippen LogP contribution in [0, 0.1) is 19.7 Å². The zero-order valence-electron chi connectivity index (χ0n) is 13.8. The molecule has 8 nitrogen and oxygen atoms in total. The molecule has 0 radical (unpaired) electrons. The van der Waals surface area contributed by atoms with Gasteiger partial charge in [0.1, 0.15) is 35.3 Å². The molecular weight excluding hydrogens is 355 g/mol. The Balaban J connectivity index is 1.96. The third-order valence-corrected chi connectivity index (χ3v) is 4.92. The van der Waals surface area contributed by atoms with Crippen molar-refractivity contribution in [1.82, 2.24) is 9.88 Å². The number of aromatic nitrogens is 1. The summed E-state index contributed by atoms with van der Waals surface area (Å²) in [6.07, 6.45) is 0. The SMILES string of the molecule is COc1ccc(F)cc1COC(=O)CNS(=O)(=O)c1c(C)noc1C. The minimum Gasteiger partial charge on any atom is -0.496 e. The van der Waals surface area contributed by atoms with Gasteiger partial charge in [-0.1, -0.05) is 5.16 Å². The Kier molecular flexibility index (Phi) is 5.75. The Bertz CT molecular complexity index is 859. The summed E-state index contributed by atoms with van der Waals surface area (Å²) in [6.45, 7) is 2.07. The average Bonchev–Trinajstić information content (AvgIpc) is 2.90. The average molecular weight is 372 g/mol. The quantitative estimate of drug-likeness (QED) is 0.733. The zero-order valence-corrected chi connectivity index (χ0v) is 14.6. The van der Waals surface area contributed by atoms with Gasteiger partial charge in [0.2, 0.25) is 10.0 Å². The van der Waals surface area contributed by atoms with E-state index in [-0.39, 0.29) is 23.0 Å². The lowest BCUT2D eigenvalue weighted by atomic mass is 10.2. The number of carbonyl (C=O) groups excluding carboxylic acids is 1. The highest BCUT2D eigenvalue weighted by Gasteiger charge is 2.24. The fourth-order valence-corrected chi connectivity index (χ4v) is 3.45. The van der Waals surface area contributed by atoms with E-state index in [0.717, 1.165) is 0 Å². The van der Waals surface area contributed by atoms with Crippen molar-refractivity contribution in [1.29, 1.82) is 0 Å². The number of nitrogens with zero attached hydrogens (tertiary/aromatic N) is 1. The molecule has 0 unspecified atom stereocenters. The van der Waals surface area contributed by atoms with Gasteiger partial charge in [0, 0.05) is 5.56 Å². The summed E-state index contributed by atoms with van der Waals surface area (Å²) >= 11 is 0. The molecule has 1 heterocycles. The molecule has 25 heavy (non-hydrogen) atoms. The zero-order chi connectivity index (χ0) is 18.6. The molecule has 0 bridgehead atoms. The number of methoxy groups -OCH3 is 1. The third-order valence-electron chi connectivity index (χ3n) is 3.27. The van der Waals surface area contributed by atoms with Crippen molar-refractivity contribution >= 4 is 16.0 Å². The molecule has 2 aromatic rings. The van der Waals surface area contributed by atoms with E-state index >= 15 is 0 Å². The molecule has 0 spiro atoms. The van der Waals surface area contributed by atoms with E-state index in [1.165, 1.54) is 39.2 Å². The highest BCUT2D eigenvalue weighted by molar-refractivity contribution is 7.89. The molecule has 0 fully saturated rings. The molecule has 136 valence electrons. The second kappa shape index (κ2) is 7.62. The van der Waals surface area contributed by atoms with Gasteiger partial charge >= 0.3 is 5.97 Å². The van der Waals surface area contributed by atoms with Crippen LogP contribution in [-0.4, -0.2) is 33.2 Å². The van der Waals surface area contributed by atoms with Crippen LogP contribution in [0.4, 0.5) is 4.39 Å². The van der Waals surface area contributed by atoms with E-state index in [9.17, 15) is 17.6 Å². The number of sulfonamides is 1. The second-order valence-corrected chi connectivity index (χ2v) is 6.80. The van der Waals surface area contributed by atoms with E-state index in [1.807, 2.05) is 0 Å². The number of hydrogen-bond donors (Lipinski definition) is 1. The minimum absolute atomic E-state index is 0.114. The first-order valence-electron chi connectivity index (χ1n) is 7.15. The maximum atomic E-state index is 13.2. The highest BCUT2D eigenvalue weighted by Crippen LogP contribution is 2.20. The van der Waals surface area contributed by atoms with Gasteiger partial charge in [-0.05, 0) is 32.0 Å². The molecule has 0 saturated carbocycles. The Hall–Kier alpha value is -2.46. The molecule has 1 aromatic carbocycles. The van der Waals surface area contributed by atoms with Gasteiger partial charge < -0.3 is 14.0 Å². The molecule has 0 aliphatic heterocycles. The number of aryl methyl sites for hydroxylation is 2. The number of halogens is 1. The van der Waals surface area contributed by atoms with Crippen LogP contribution in [0.1, 0.15) is 17.0 Å². The smallest absolute Gasteiger partial charge is 0.321 e. The maximum absolute atomic E-state index is 13.2. The van der Waals surface area contributed by atoms with E-state index in [4.69, 9.17) is 14.0 Å². The van der Waals surface area contributed by atoms with Crippen LogP contribution in [0.3, 0.4) is 0 Å². The van der Waals surface area contributed by atoms with E-state index in [2.05, 4.69) is 9.88 Å². The van der Waals surface area contributed by atoms with Gasteiger partial charge in [-0.2, -0.15) is 4.72 Å². The van der Waals surface area contributed by atoms with E-state index < -0.39 is 28.4 Å². The van der Waals surface area contributed by atoms with Crippen molar-refractivity contribution in [2.24, 2.45) is 0 Å². The molecule has 0 aliphatic carbocycles. The minimum atomic E-state index is -3.97. The number of rotatable bonds is 7. The van der Waals surface area contributed by atoms with Crippen LogP contribution in [-0.2, 0) is 26.2 Å². The normalized spacial score (nSPS) is 11.4. The van der Waals surface area contributed by atoms with Crippen LogP contribution in [0.5, 0.6) is 5.75 Å². The second-order valence-electron chi connectivity index (χ2n) is 5.09. The maximum Gasteiger partial charge on any atom is 0.321 e. The van der Waals surface area contributed by atoms with Crippen LogP contribution in [0.25, 0.3) is 0 Å². The Morgan fingerprint density at radius 2 is 2.08 bits per heavy atom. The van der Waals surface area contributed by atoms with Gasteiger partial charge in [-0.3, -0.25) is 4.79 Å². The Morgan fingerprint density at radius 1 is 1.36 bits per heavy atom. The van der Waals surface area contributed by atoms with Crippen molar-refractivity contribution < 1.29 is 31.6 Å². The summed E-state index contributed by atoms with van der Waals surface area (Å²) in [5.74, 6) is -0.874. The molecule has 1 N–H and O–H groups in total. The number of ether oxygens (including phenoxy) is 2.